The minimum atomic E-state index is -0.519. The fourth-order valence-electron chi connectivity index (χ4n) is 2.98. The van der Waals surface area contributed by atoms with Crippen LogP contribution in [0.25, 0.3) is 0 Å². The van der Waals surface area contributed by atoms with Crippen LogP contribution < -0.4 is 5.32 Å². The Morgan fingerprint density at radius 2 is 1.85 bits per heavy atom. The number of carbonyl (C=O) groups is 1. The van der Waals surface area contributed by atoms with E-state index in [0.29, 0.717) is 18.6 Å². The smallest absolute Gasteiger partial charge is 0.326 e. The van der Waals surface area contributed by atoms with Gasteiger partial charge in [-0.2, -0.15) is 0 Å². The number of esters is 1. The molecule has 3 nitrogen and oxygen atoms in total. The lowest BCUT2D eigenvalue weighted by Crippen LogP contribution is -2.54. The summed E-state index contributed by atoms with van der Waals surface area (Å²) in [5.74, 6) is 0.532. The number of carbonyl (C=O) groups excluding carboxylic acids is 1. The van der Waals surface area contributed by atoms with Crippen LogP contribution in [-0.2, 0) is 9.53 Å². The standard InChI is InChI=1S/C17H33NO2/c1-5-20-16(19)17(4,13-12-14(2)3)18-15-10-8-6-7-9-11-15/h14-15,18H,5-13H2,1-4H3. The quantitative estimate of drug-likeness (QED) is 0.565. The number of ether oxygens (including phenoxy) is 1. The van der Waals surface area contributed by atoms with Gasteiger partial charge in [-0.15, -0.1) is 0 Å². The molecule has 1 atom stereocenters. The zero-order chi connectivity index (χ0) is 15.0. The second kappa shape index (κ2) is 8.66. The Balaban J connectivity index is 2.66. The van der Waals surface area contributed by atoms with E-state index in [4.69, 9.17) is 4.74 Å². The van der Waals surface area contributed by atoms with Crippen molar-refractivity contribution in [2.45, 2.75) is 90.6 Å². The van der Waals surface area contributed by atoms with Crippen molar-refractivity contribution in [2.75, 3.05) is 6.61 Å². The van der Waals surface area contributed by atoms with E-state index in [-0.39, 0.29) is 5.97 Å². The van der Waals surface area contributed by atoms with E-state index in [9.17, 15) is 4.79 Å². The van der Waals surface area contributed by atoms with Crippen LogP contribution in [0.15, 0.2) is 0 Å². The number of hydrogen-bond acceptors (Lipinski definition) is 3. The SMILES string of the molecule is CCOC(=O)C(C)(CCC(C)C)NC1CCCCCC1. The molecule has 0 saturated heterocycles. The lowest BCUT2D eigenvalue weighted by atomic mass is 9.90. The highest BCUT2D eigenvalue weighted by atomic mass is 16.5. The fourth-order valence-corrected chi connectivity index (χ4v) is 2.98. The van der Waals surface area contributed by atoms with Gasteiger partial charge >= 0.3 is 5.97 Å². The summed E-state index contributed by atoms with van der Waals surface area (Å²) < 4.78 is 5.31. The summed E-state index contributed by atoms with van der Waals surface area (Å²) in [6.45, 7) is 8.78. The van der Waals surface area contributed by atoms with Gasteiger partial charge in [0.1, 0.15) is 5.54 Å². The largest absolute Gasteiger partial charge is 0.465 e. The van der Waals surface area contributed by atoms with Crippen LogP contribution in [0.3, 0.4) is 0 Å². The van der Waals surface area contributed by atoms with Crippen molar-refractivity contribution in [1.29, 1.82) is 0 Å². The average Bonchev–Trinajstić information content (AvgIpc) is 2.65. The fraction of sp³-hybridized carbons (Fsp3) is 0.941. The third-order valence-corrected chi connectivity index (χ3v) is 4.33. The monoisotopic (exact) mass is 283 g/mol. The Bertz CT molecular complexity index is 283. The van der Waals surface area contributed by atoms with Crippen molar-refractivity contribution < 1.29 is 9.53 Å². The molecule has 0 bridgehead atoms. The molecule has 1 unspecified atom stereocenters. The molecule has 0 radical (unpaired) electrons. The van der Waals surface area contributed by atoms with Crippen LogP contribution in [-0.4, -0.2) is 24.2 Å². The molecule has 3 heteroatoms. The topological polar surface area (TPSA) is 38.3 Å². The average molecular weight is 283 g/mol. The predicted molar refractivity (Wildman–Crippen MR) is 83.7 cm³/mol. The lowest BCUT2D eigenvalue weighted by Gasteiger charge is -2.33. The molecule has 0 spiro atoms. The van der Waals surface area contributed by atoms with E-state index < -0.39 is 5.54 Å². The molecule has 1 fully saturated rings. The summed E-state index contributed by atoms with van der Waals surface area (Å²) >= 11 is 0. The van der Waals surface area contributed by atoms with Gasteiger partial charge in [0, 0.05) is 6.04 Å². The maximum atomic E-state index is 12.4. The third kappa shape index (κ3) is 5.82. The molecule has 1 aliphatic carbocycles. The Morgan fingerprint density at radius 3 is 2.35 bits per heavy atom. The van der Waals surface area contributed by atoms with E-state index in [2.05, 4.69) is 19.2 Å². The molecule has 0 heterocycles. The first-order valence-electron chi connectivity index (χ1n) is 8.43. The Hall–Kier alpha value is -0.570. The van der Waals surface area contributed by atoms with Gasteiger partial charge in [0.15, 0.2) is 0 Å². The van der Waals surface area contributed by atoms with E-state index >= 15 is 0 Å². The predicted octanol–water partition coefficient (Wildman–Crippen LogP) is 4.06. The Kier molecular flexibility index (Phi) is 7.57. The van der Waals surface area contributed by atoms with E-state index in [0.717, 1.165) is 12.8 Å². The Labute approximate surface area is 124 Å². The molecule has 1 saturated carbocycles. The molecular formula is C17H33NO2. The van der Waals surface area contributed by atoms with Crippen molar-refractivity contribution in [3.05, 3.63) is 0 Å². The summed E-state index contributed by atoms with van der Waals surface area (Å²) in [5, 5.41) is 3.64. The zero-order valence-electron chi connectivity index (χ0n) is 13.8. The molecule has 1 rings (SSSR count). The summed E-state index contributed by atoms with van der Waals surface area (Å²) in [6.07, 6.45) is 9.52. The molecule has 0 aliphatic heterocycles. The molecule has 0 aromatic heterocycles. The minimum absolute atomic E-state index is 0.0788. The van der Waals surface area contributed by atoms with Gasteiger partial charge in [0.05, 0.1) is 6.61 Å². The first-order chi connectivity index (χ1) is 9.48. The second-order valence-electron chi connectivity index (χ2n) is 6.82. The van der Waals surface area contributed by atoms with Gasteiger partial charge in [-0.25, -0.2) is 0 Å². The van der Waals surface area contributed by atoms with Crippen molar-refractivity contribution in [3.8, 4) is 0 Å². The first kappa shape index (κ1) is 17.5. The molecule has 1 aliphatic rings. The lowest BCUT2D eigenvalue weighted by molar-refractivity contribution is -0.151. The normalized spacial score (nSPS) is 20.4. The first-order valence-corrected chi connectivity index (χ1v) is 8.43. The molecular weight excluding hydrogens is 250 g/mol. The zero-order valence-corrected chi connectivity index (χ0v) is 13.8. The van der Waals surface area contributed by atoms with Crippen molar-refractivity contribution >= 4 is 5.97 Å². The number of nitrogens with one attached hydrogen (secondary N) is 1. The highest BCUT2D eigenvalue weighted by molar-refractivity contribution is 5.80. The van der Waals surface area contributed by atoms with Gasteiger partial charge in [-0.1, -0.05) is 39.5 Å². The highest BCUT2D eigenvalue weighted by Crippen LogP contribution is 2.24. The number of rotatable bonds is 7. The van der Waals surface area contributed by atoms with Gasteiger partial charge in [-0.05, 0) is 45.4 Å². The highest BCUT2D eigenvalue weighted by Gasteiger charge is 2.36. The van der Waals surface area contributed by atoms with Crippen LogP contribution >= 0.6 is 0 Å². The summed E-state index contributed by atoms with van der Waals surface area (Å²) in [4.78, 5) is 12.4. The molecule has 118 valence electrons. The summed E-state index contributed by atoms with van der Waals surface area (Å²) in [7, 11) is 0. The van der Waals surface area contributed by atoms with Crippen molar-refractivity contribution in [3.63, 3.8) is 0 Å². The minimum Gasteiger partial charge on any atom is -0.465 e. The van der Waals surface area contributed by atoms with Crippen LogP contribution in [0, 0.1) is 5.92 Å². The van der Waals surface area contributed by atoms with Gasteiger partial charge in [-0.3, -0.25) is 10.1 Å². The van der Waals surface area contributed by atoms with E-state index in [1.807, 2.05) is 13.8 Å². The molecule has 0 aromatic rings. The maximum Gasteiger partial charge on any atom is 0.326 e. The Morgan fingerprint density at radius 1 is 1.25 bits per heavy atom. The molecule has 20 heavy (non-hydrogen) atoms. The summed E-state index contributed by atoms with van der Waals surface area (Å²) in [6, 6.07) is 0.471. The molecule has 0 amide bonds. The molecule has 0 aromatic carbocycles. The van der Waals surface area contributed by atoms with Gasteiger partial charge in [0.2, 0.25) is 0 Å². The van der Waals surface area contributed by atoms with E-state index in [1.54, 1.807) is 0 Å². The van der Waals surface area contributed by atoms with Crippen LogP contribution in [0.1, 0.15) is 79.1 Å². The maximum absolute atomic E-state index is 12.4. The van der Waals surface area contributed by atoms with Gasteiger partial charge < -0.3 is 4.74 Å². The van der Waals surface area contributed by atoms with Crippen LogP contribution in [0.2, 0.25) is 0 Å². The third-order valence-electron chi connectivity index (χ3n) is 4.33. The van der Waals surface area contributed by atoms with Crippen molar-refractivity contribution in [2.24, 2.45) is 5.92 Å². The number of hydrogen-bond donors (Lipinski definition) is 1. The van der Waals surface area contributed by atoms with Crippen molar-refractivity contribution in [1.82, 2.24) is 5.32 Å². The summed E-state index contributed by atoms with van der Waals surface area (Å²) in [5.41, 5.74) is -0.519. The van der Waals surface area contributed by atoms with Gasteiger partial charge in [0.25, 0.3) is 0 Å². The second-order valence-corrected chi connectivity index (χ2v) is 6.82. The van der Waals surface area contributed by atoms with E-state index in [1.165, 1.54) is 38.5 Å². The molecule has 1 N–H and O–H groups in total. The van der Waals surface area contributed by atoms with Crippen LogP contribution in [0.4, 0.5) is 0 Å². The van der Waals surface area contributed by atoms with Crippen LogP contribution in [0.5, 0.6) is 0 Å².